The van der Waals surface area contributed by atoms with Crippen molar-refractivity contribution in [2.45, 2.75) is 37.3 Å². The first-order valence-corrected chi connectivity index (χ1v) is 7.33. The summed E-state index contributed by atoms with van der Waals surface area (Å²) in [6.07, 6.45) is 8.64. The van der Waals surface area contributed by atoms with Gasteiger partial charge in [0.15, 0.2) is 5.82 Å². The van der Waals surface area contributed by atoms with E-state index in [1.54, 1.807) is 25.7 Å². The third kappa shape index (κ3) is 2.37. The molecule has 0 aromatic carbocycles. The third-order valence-corrected chi connectivity index (χ3v) is 4.22. The van der Waals surface area contributed by atoms with Gasteiger partial charge in [-0.1, -0.05) is 0 Å². The van der Waals surface area contributed by atoms with Crippen LogP contribution in [0.4, 0.5) is 5.82 Å². The molecule has 1 aliphatic heterocycles. The lowest BCUT2D eigenvalue weighted by Gasteiger charge is -2.22. The highest BCUT2D eigenvalue weighted by Crippen LogP contribution is 2.39. The van der Waals surface area contributed by atoms with Gasteiger partial charge in [-0.2, -0.15) is 5.10 Å². The van der Waals surface area contributed by atoms with Crippen molar-refractivity contribution in [1.82, 2.24) is 25.1 Å². The highest BCUT2D eigenvalue weighted by Gasteiger charge is 2.37. The number of ether oxygens (including phenoxy) is 1. The summed E-state index contributed by atoms with van der Waals surface area (Å²) in [5.41, 5.74) is 0. The molecule has 0 radical (unpaired) electrons. The van der Waals surface area contributed by atoms with Gasteiger partial charge < -0.3 is 9.64 Å². The van der Waals surface area contributed by atoms with Crippen LogP contribution in [0, 0.1) is 0 Å². The molecule has 2 aromatic heterocycles. The van der Waals surface area contributed by atoms with Gasteiger partial charge in [-0.15, -0.1) is 0 Å². The van der Waals surface area contributed by atoms with E-state index in [0.717, 1.165) is 30.4 Å². The lowest BCUT2D eigenvalue weighted by atomic mass is 10.2. The van der Waals surface area contributed by atoms with Crippen LogP contribution in [-0.2, 0) is 4.74 Å². The number of hydrogen-bond donors (Lipinski definition) is 1. The minimum absolute atomic E-state index is 0.117. The summed E-state index contributed by atoms with van der Waals surface area (Å²) in [5.74, 6) is 3.26. The molecule has 21 heavy (non-hydrogen) atoms. The molecule has 2 aliphatic rings. The van der Waals surface area contributed by atoms with Crippen molar-refractivity contribution >= 4 is 5.82 Å². The predicted octanol–water partition coefficient (Wildman–Crippen LogP) is 1.44. The van der Waals surface area contributed by atoms with E-state index >= 15 is 0 Å². The topological polar surface area (TPSA) is 79.8 Å². The van der Waals surface area contributed by atoms with Gasteiger partial charge in [-0.05, 0) is 12.8 Å². The second-order valence-corrected chi connectivity index (χ2v) is 5.68. The molecule has 0 amide bonds. The zero-order valence-electron chi connectivity index (χ0n) is 11.9. The van der Waals surface area contributed by atoms with Crippen LogP contribution in [0.25, 0.3) is 0 Å². The molecule has 2 fully saturated rings. The highest BCUT2D eigenvalue weighted by molar-refractivity contribution is 5.40. The number of rotatable bonds is 4. The van der Waals surface area contributed by atoms with Crippen LogP contribution in [0.1, 0.15) is 42.9 Å². The highest BCUT2D eigenvalue weighted by atomic mass is 16.5. The van der Waals surface area contributed by atoms with Gasteiger partial charge in [0.2, 0.25) is 0 Å². The van der Waals surface area contributed by atoms with Gasteiger partial charge in [0, 0.05) is 38.4 Å². The van der Waals surface area contributed by atoms with Gasteiger partial charge in [0.1, 0.15) is 11.6 Å². The quantitative estimate of drug-likeness (QED) is 0.916. The number of methoxy groups -OCH3 is 1. The molecule has 1 N–H and O–H groups in total. The Morgan fingerprint density at radius 3 is 2.95 bits per heavy atom. The van der Waals surface area contributed by atoms with Crippen LogP contribution in [0.3, 0.4) is 0 Å². The van der Waals surface area contributed by atoms with Crippen molar-refractivity contribution in [2.75, 3.05) is 18.6 Å². The molecule has 2 atom stereocenters. The summed E-state index contributed by atoms with van der Waals surface area (Å²) >= 11 is 0. The van der Waals surface area contributed by atoms with Gasteiger partial charge in [0.25, 0.3) is 0 Å². The van der Waals surface area contributed by atoms with Crippen molar-refractivity contribution < 1.29 is 4.74 Å². The normalized spacial score (nSPS) is 25.5. The number of hydrogen-bond acceptors (Lipinski definition) is 6. The van der Waals surface area contributed by atoms with E-state index in [1.165, 1.54) is 12.8 Å². The van der Waals surface area contributed by atoms with E-state index in [1.807, 2.05) is 0 Å². The molecule has 7 nitrogen and oxygen atoms in total. The van der Waals surface area contributed by atoms with Crippen LogP contribution in [0.2, 0.25) is 0 Å². The first-order valence-electron chi connectivity index (χ1n) is 7.33. The maximum atomic E-state index is 5.53. The fraction of sp³-hybridized carbons (Fsp3) is 0.571. The summed E-state index contributed by atoms with van der Waals surface area (Å²) in [6.45, 7) is 0.791. The van der Waals surface area contributed by atoms with Crippen molar-refractivity contribution in [3.05, 3.63) is 30.2 Å². The number of nitrogens with zero attached hydrogens (tertiary/aromatic N) is 5. The number of aromatic amines is 1. The molecule has 0 bridgehead atoms. The Labute approximate surface area is 122 Å². The van der Waals surface area contributed by atoms with E-state index in [4.69, 9.17) is 4.74 Å². The van der Waals surface area contributed by atoms with Crippen molar-refractivity contribution in [3.8, 4) is 0 Å². The van der Waals surface area contributed by atoms with Crippen LogP contribution in [0.5, 0.6) is 0 Å². The summed E-state index contributed by atoms with van der Waals surface area (Å²) in [4.78, 5) is 15.4. The van der Waals surface area contributed by atoms with Crippen LogP contribution in [0.15, 0.2) is 18.6 Å². The molecule has 0 unspecified atom stereocenters. The van der Waals surface area contributed by atoms with Gasteiger partial charge >= 0.3 is 0 Å². The van der Waals surface area contributed by atoms with Crippen molar-refractivity contribution in [3.63, 3.8) is 0 Å². The van der Waals surface area contributed by atoms with Gasteiger partial charge in [-0.25, -0.2) is 9.97 Å². The summed E-state index contributed by atoms with van der Waals surface area (Å²) in [6, 6.07) is 0.117. The predicted molar refractivity (Wildman–Crippen MR) is 75.9 cm³/mol. The fourth-order valence-electron chi connectivity index (χ4n) is 2.88. The maximum Gasteiger partial charge on any atom is 0.153 e. The lowest BCUT2D eigenvalue weighted by Crippen LogP contribution is -2.26. The first-order chi connectivity index (χ1) is 10.3. The van der Waals surface area contributed by atoms with E-state index in [9.17, 15) is 0 Å². The first kappa shape index (κ1) is 12.7. The Morgan fingerprint density at radius 1 is 1.33 bits per heavy atom. The number of anilines is 1. The summed E-state index contributed by atoms with van der Waals surface area (Å²) in [7, 11) is 1.75. The van der Waals surface area contributed by atoms with Crippen molar-refractivity contribution in [2.24, 2.45) is 0 Å². The van der Waals surface area contributed by atoms with E-state index in [-0.39, 0.29) is 12.1 Å². The number of H-pyrrole nitrogens is 1. The number of aromatic nitrogens is 5. The van der Waals surface area contributed by atoms with Gasteiger partial charge in [0.05, 0.1) is 18.3 Å². The Kier molecular flexibility index (Phi) is 3.07. The molecule has 110 valence electrons. The lowest BCUT2D eigenvalue weighted by molar-refractivity contribution is 0.118. The zero-order chi connectivity index (χ0) is 14.2. The molecule has 7 heteroatoms. The zero-order valence-corrected chi connectivity index (χ0v) is 11.9. The van der Waals surface area contributed by atoms with Crippen molar-refractivity contribution in [1.29, 1.82) is 0 Å². The third-order valence-electron chi connectivity index (χ3n) is 4.22. The van der Waals surface area contributed by atoms with E-state index in [2.05, 4.69) is 30.0 Å². The minimum atomic E-state index is 0.117. The molecule has 3 heterocycles. The Balaban J connectivity index is 1.63. The smallest absolute Gasteiger partial charge is 0.153 e. The molecule has 4 rings (SSSR count). The largest absolute Gasteiger partial charge is 0.380 e. The second kappa shape index (κ2) is 5.07. The Bertz CT molecular complexity index is 611. The number of nitrogens with one attached hydrogen (secondary N) is 1. The molecular formula is C14H18N6O. The second-order valence-electron chi connectivity index (χ2n) is 5.68. The summed E-state index contributed by atoms with van der Waals surface area (Å²) in [5, 5.41) is 7.47. The molecule has 1 saturated heterocycles. The summed E-state index contributed by atoms with van der Waals surface area (Å²) < 4.78 is 5.53. The average Bonchev–Trinajstić information content (AvgIpc) is 3.12. The standard InChI is InChI=1S/C14H18N6O/c1-21-10-6-11(14-17-13(18-19-14)9-2-3-9)20(8-10)12-7-15-4-5-16-12/h4-5,7,9-11H,2-3,6,8H2,1H3,(H,17,18,19)/t10-,11+/m1/s1. The van der Waals surface area contributed by atoms with Crippen LogP contribution >= 0.6 is 0 Å². The van der Waals surface area contributed by atoms with E-state index in [0.29, 0.717) is 5.92 Å². The SMILES string of the molecule is CO[C@@H]1C[C@@H](c2nc(C3CC3)n[nH]2)N(c2cnccn2)C1. The minimum Gasteiger partial charge on any atom is -0.380 e. The molecular weight excluding hydrogens is 268 g/mol. The van der Waals surface area contributed by atoms with Crippen LogP contribution < -0.4 is 4.90 Å². The monoisotopic (exact) mass is 286 g/mol. The van der Waals surface area contributed by atoms with E-state index < -0.39 is 0 Å². The maximum absolute atomic E-state index is 5.53. The van der Waals surface area contributed by atoms with Gasteiger partial charge in [-0.3, -0.25) is 10.1 Å². The molecule has 1 aliphatic carbocycles. The molecule has 0 spiro atoms. The Morgan fingerprint density at radius 2 is 2.24 bits per heavy atom. The average molecular weight is 286 g/mol. The van der Waals surface area contributed by atoms with Crippen LogP contribution in [-0.4, -0.2) is 44.9 Å². The molecule has 1 saturated carbocycles. The molecule has 2 aromatic rings. The fourth-order valence-corrected chi connectivity index (χ4v) is 2.88. The Hall–Kier alpha value is -2.02.